The highest BCUT2D eigenvalue weighted by Crippen LogP contribution is 2.22. The van der Waals surface area contributed by atoms with Gasteiger partial charge in [0.1, 0.15) is 0 Å². The molecule has 29 heavy (non-hydrogen) atoms. The van der Waals surface area contributed by atoms with Crippen LogP contribution < -0.4 is 0 Å². The summed E-state index contributed by atoms with van der Waals surface area (Å²) in [5, 5.41) is 11.0. The van der Waals surface area contributed by atoms with E-state index in [4.69, 9.17) is 4.74 Å². The summed E-state index contributed by atoms with van der Waals surface area (Å²) in [4.78, 5) is 36.2. The maximum Gasteiger partial charge on any atom is 0.331 e. The molecule has 1 amide bonds. The van der Waals surface area contributed by atoms with E-state index in [2.05, 4.69) is 0 Å². The van der Waals surface area contributed by atoms with Crippen LogP contribution in [0.3, 0.4) is 0 Å². The van der Waals surface area contributed by atoms with E-state index >= 15 is 0 Å². The predicted octanol–water partition coefficient (Wildman–Crippen LogP) is 3.47. The molecular weight excluding hydrogens is 372 g/mol. The Kier molecular flexibility index (Phi) is 6.52. The number of nitro benzene ring substituents is 1. The molecule has 1 aliphatic heterocycles. The first-order chi connectivity index (χ1) is 14.0. The van der Waals surface area contributed by atoms with Crippen molar-refractivity contribution in [2.24, 2.45) is 0 Å². The molecule has 0 radical (unpaired) electrons. The lowest BCUT2D eigenvalue weighted by Crippen LogP contribution is -2.37. The van der Waals surface area contributed by atoms with E-state index in [1.807, 2.05) is 36.4 Å². The lowest BCUT2D eigenvalue weighted by Gasteiger charge is -2.26. The molecule has 0 aliphatic carbocycles. The SMILES string of the molecule is O=C(/C=C/c1ccccc1[N+](=O)[O-])OCC(=O)N1CC=C(c2ccccc2)CC1. The van der Waals surface area contributed by atoms with Crippen LogP contribution in [0, 0.1) is 10.1 Å². The van der Waals surface area contributed by atoms with E-state index in [1.54, 1.807) is 17.0 Å². The summed E-state index contributed by atoms with van der Waals surface area (Å²) in [6, 6.07) is 16.0. The molecule has 148 valence electrons. The zero-order chi connectivity index (χ0) is 20.6. The lowest BCUT2D eigenvalue weighted by molar-refractivity contribution is -0.385. The van der Waals surface area contributed by atoms with Crippen molar-refractivity contribution in [3.63, 3.8) is 0 Å². The number of amides is 1. The third-order valence-electron chi connectivity index (χ3n) is 4.58. The van der Waals surface area contributed by atoms with Crippen LogP contribution in [0.5, 0.6) is 0 Å². The molecule has 1 heterocycles. The van der Waals surface area contributed by atoms with Crippen LogP contribution in [0.4, 0.5) is 5.69 Å². The third kappa shape index (κ3) is 5.38. The number of rotatable bonds is 6. The number of nitro groups is 1. The van der Waals surface area contributed by atoms with Gasteiger partial charge in [0, 0.05) is 25.2 Å². The zero-order valence-corrected chi connectivity index (χ0v) is 15.7. The van der Waals surface area contributed by atoms with Gasteiger partial charge >= 0.3 is 5.97 Å². The van der Waals surface area contributed by atoms with Gasteiger partial charge in [-0.25, -0.2) is 4.79 Å². The number of ether oxygens (including phenoxy) is 1. The molecule has 0 saturated carbocycles. The number of esters is 1. The fourth-order valence-electron chi connectivity index (χ4n) is 3.03. The van der Waals surface area contributed by atoms with Crippen molar-refractivity contribution in [2.45, 2.75) is 6.42 Å². The molecule has 0 unspecified atom stereocenters. The van der Waals surface area contributed by atoms with Gasteiger partial charge in [0.15, 0.2) is 6.61 Å². The molecule has 0 aromatic heterocycles. The molecule has 0 N–H and O–H groups in total. The number of hydrogen-bond acceptors (Lipinski definition) is 5. The van der Waals surface area contributed by atoms with E-state index in [1.165, 1.54) is 23.8 Å². The van der Waals surface area contributed by atoms with Gasteiger partial charge in [0.05, 0.1) is 10.5 Å². The highest BCUT2D eigenvalue weighted by atomic mass is 16.6. The summed E-state index contributed by atoms with van der Waals surface area (Å²) in [6.45, 7) is 0.657. The Labute approximate surface area is 168 Å². The van der Waals surface area contributed by atoms with Crippen LogP contribution >= 0.6 is 0 Å². The fraction of sp³-hybridized carbons (Fsp3) is 0.182. The average molecular weight is 392 g/mol. The highest BCUT2D eigenvalue weighted by molar-refractivity contribution is 5.90. The number of para-hydroxylation sites is 1. The molecule has 7 heteroatoms. The standard InChI is InChI=1S/C22H20N2O5/c25-21(23-14-12-18(13-15-23)17-6-2-1-3-7-17)16-29-22(26)11-10-19-8-4-5-9-20(19)24(27)28/h1-12H,13-16H2/b11-10+. The Morgan fingerprint density at radius 2 is 1.83 bits per heavy atom. The smallest absolute Gasteiger partial charge is 0.331 e. The minimum absolute atomic E-state index is 0.109. The second kappa shape index (κ2) is 9.45. The van der Waals surface area contributed by atoms with E-state index in [-0.39, 0.29) is 23.8 Å². The highest BCUT2D eigenvalue weighted by Gasteiger charge is 2.19. The normalized spacial score (nSPS) is 13.8. The topological polar surface area (TPSA) is 89.7 Å². The van der Waals surface area contributed by atoms with Crippen molar-refractivity contribution >= 4 is 29.2 Å². The maximum absolute atomic E-state index is 12.3. The number of benzene rings is 2. The van der Waals surface area contributed by atoms with Crippen LogP contribution in [0.1, 0.15) is 17.5 Å². The summed E-state index contributed by atoms with van der Waals surface area (Å²) in [6.07, 6.45) is 5.13. The molecule has 2 aromatic carbocycles. The number of hydrogen-bond donors (Lipinski definition) is 0. The van der Waals surface area contributed by atoms with Crippen LogP contribution in [0.15, 0.2) is 66.7 Å². The first-order valence-electron chi connectivity index (χ1n) is 9.15. The second-order valence-corrected chi connectivity index (χ2v) is 6.44. The summed E-state index contributed by atoms with van der Waals surface area (Å²) in [5.41, 5.74) is 2.52. The van der Waals surface area contributed by atoms with Crippen molar-refractivity contribution in [3.05, 3.63) is 88.0 Å². The van der Waals surface area contributed by atoms with Crippen molar-refractivity contribution in [2.75, 3.05) is 19.7 Å². The molecule has 0 bridgehead atoms. The van der Waals surface area contributed by atoms with Gasteiger partial charge in [-0.15, -0.1) is 0 Å². The van der Waals surface area contributed by atoms with Gasteiger partial charge in [-0.1, -0.05) is 48.5 Å². The van der Waals surface area contributed by atoms with Gasteiger partial charge in [0.25, 0.3) is 11.6 Å². The first-order valence-corrected chi connectivity index (χ1v) is 9.15. The summed E-state index contributed by atoms with van der Waals surface area (Å²) in [7, 11) is 0. The van der Waals surface area contributed by atoms with E-state index in [0.717, 1.165) is 18.1 Å². The maximum atomic E-state index is 12.3. The zero-order valence-electron chi connectivity index (χ0n) is 15.7. The second-order valence-electron chi connectivity index (χ2n) is 6.44. The summed E-state index contributed by atoms with van der Waals surface area (Å²) < 4.78 is 4.98. The number of carbonyl (C=O) groups excluding carboxylic acids is 2. The van der Waals surface area contributed by atoms with Gasteiger partial charge in [-0.2, -0.15) is 0 Å². The Hall–Kier alpha value is -3.74. The number of carbonyl (C=O) groups is 2. The molecule has 0 atom stereocenters. The van der Waals surface area contributed by atoms with Gasteiger partial charge < -0.3 is 9.64 Å². The van der Waals surface area contributed by atoms with Crippen molar-refractivity contribution in [1.29, 1.82) is 0 Å². The molecule has 1 aliphatic rings. The van der Waals surface area contributed by atoms with Crippen LogP contribution in [-0.2, 0) is 14.3 Å². The van der Waals surface area contributed by atoms with E-state index < -0.39 is 10.9 Å². The van der Waals surface area contributed by atoms with Gasteiger partial charge in [0.2, 0.25) is 0 Å². The Bertz CT molecular complexity index is 966. The minimum atomic E-state index is -0.728. The van der Waals surface area contributed by atoms with Crippen molar-refractivity contribution < 1.29 is 19.2 Å². The quantitative estimate of drug-likeness (QED) is 0.325. The molecule has 0 saturated heterocycles. The molecule has 7 nitrogen and oxygen atoms in total. The van der Waals surface area contributed by atoms with E-state index in [9.17, 15) is 19.7 Å². The first kappa shape index (κ1) is 20.0. The molecule has 0 fully saturated rings. The monoisotopic (exact) mass is 392 g/mol. The average Bonchev–Trinajstić information content (AvgIpc) is 2.77. The van der Waals surface area contributed by atoms with Crippen LogP contribution in [0.25, 0.3) is 11.6 Å². The Balaban J connectivity index is 1.50. The largest absolute Gasteiger partial charge is 0.452 e. The van der Waals surface area contributed by atoms with E-state index in [0.29, 0.717) is 13.1 Å². The fourth-order valence-corrected chi connectivity index (χ4v) is 3.03. The minimum Gasteiger partial charge on any atom is -0.452 e. The van der Waals surface area contributed by atoms with Gasteiger partial charge in [-0.3, -0.25) is 14.9 Å². The predicted molar refractivity (Wildman–Crippen MR) is 109 cm³/mol. The van der Waals surface area contributed by atoms with Gasteiger partial charge in [-0.05, 0) is 29.7 Å². The van der Waals surface area contributed by atoms with Crippen LogP contribution in [-0.4, -0.2) is 41.4 Å². The molecule has 0 spiro atoms. The van der Waals surface area contributed by atoms with Crippen molar-refractivity contribution in [1.82, 2.24) is 4.90 Å². The van der Waals surface area contributed by atoms with Crippen LogP contribution in [0.2, 0.25) is 0 Å². The molecular formula is C22H20N2O5. The number of nitrogens with zero attached hydrogens (tertiary/aromatic N) is 2. The third-order valence-corrected chi connectivity index (χ3v) is 4.58. The Morgan fingerprint density at radius 1 is 1.10 bits per heavy atom. The lowest BCUT2D eigenvalue weighted by atomic mass is 10.00. The molecule has 2 aromatic rings. The summed E-state index contributed by atoms with van der Waals surface area (Å²) >= 11 is 0. The summed E-state index contributed by atoms with van der Waals surface area (Å²) in [5.74, 6) is -1.00. The van der Waals surface area contributed by atoms with Crippen molar-refractivity contribution in [3.8, 4) is 0 Å². The Morgan fingerprint density at radius 3 is 2.52 bits per heavy atom. The molecule has 3 rings (SSSR count).